The number of sulfonamides is 1. The van der Waals surface area contributed by atoms with E-state index >= 15 is 0 Å². The number of pyridine rings is 1. The average molecular weight is 451 g/mol. The highest BCUT2D eigenvalue weighted by Crippen LogP contribution is 2.24. The minimum atomic E-state index is -4.27. The van der Waals surface area contributed by atoms with Crippen LogP contribution in [0.3, 0.4) is 0 Å². The van der Waals surface area contributed by atoms with Gasteiger partial charge < -0.3 is 10.1 Å². The number of carbonyl (C=O) groups is 2. The largest absolute Gasteiger partial charge is 0.497 e. The van der Waals surface area contributed by atoms with Gasteiger partial charge in [0.25, 0.3) is 5.91 Å². The predicted molar refractivity (Wildman–Crippen MR) is 112 cm³/mol. The number of hydrogen-bond acceptors (Lipinski definition) is 7. The summed E-state index contributed by atoms with van der Waals surface area (Å²) in [5, 5.41) is 11.8. The van der Waals surface area contributed by atoms with Gasteiger partial charge in [-0.25, -0.2) is 13.9 Å². The van der Waals surface area contributed by atoms with Gasteiger partial charge in [0.15, 0.2) is 0 Å². The van der Waals surface area contributed by atoms with Crippen molar-refractivity contribution in [3.05, 3.63) is 54.4 Å². The number of amides is 2. The Labute approximate surface area is 181 Å². The Morgan fingerprint density at radius 2 is 1.87 bits per heavy atom. The zero-order valence-electron chi connectivity index (χ0n) is 17.5. The lowest BCUT2D eigenvalue weighted by molar-refractivity contribution is -0.135. The lowest BCUT2D eigenvalue weighted by atomic mass is 10.0. The first-order chi connectivity index (χ1) is 14.7. The highest BCUT2D eigenvalue weighted by molar-refractivity contribution is 7.89. The molecule has 168 valence electrons. The molecule has 1 heterocycles. The second kappa shape index (κ2) is 10.8. The van der Waals surface area contributed by atoms with E-state index in [2.05, 4.69) is 10.3 Å². The van der Waals surface area contributed by atoms with Crippen molar-refractivity contribution in [1.82, 2.24) is 20.1 Å². The predicted octanol–water partition coefficient (Wildman–Crippen LogP) is 0.927. The molecule has 2 rings (SSSR count). The molecule has 2 amide bonds. The molecular weight excluding hydrogens is 424 g/mol. The van der Waals surface area contributed by atoms with Crippen molar-refractivity contribution in [2.45, 2.75) is 31.3 Å². The Kier molecular flexibility index (Phi) is 8.48. The maximum atomic E-state index is 13.3. The summed E-state index contributed by atoms with van der Waals surface area (Å²) in [5.74, 6) is -1.64. The molecule has 1 aromatic heterocycles. The average Bonchev–Trinajstić information content (AvgIpc) is 2.77. The van der Waals surface area contributed by atoms with Crippen LogP contribution in [-0.2, 0) is 26.2 Å². The molecule has 10 nitrogen and oxygen atoms in total. The third kappa shape index (κ3) is 6.23. The van der Waals surface area contributed by atoms with E-state index in [0.717, 1.165) is 9.87 Å². The Hall–Kier alpha value is -3.02. The highest BCUT2D eigenvalue weighted by atomic mass is 32.2. The van der Waals surface area contributed by atoms with E-state index in [1.165, 1.54) is 36.9 Å². The van der Waals surface area contributed by atoms with Crippen molar-refractivity contribution >= 4 is 21.8 Å². The van der Waals surface area contributed by atoms with Gasteiger partial charge in [-0.15, -0.1) is 0 Å². The molecule has 0 aliphatic rings. The SMILES string of the molecule is COc1ccc(S(=O)(=O)N(CC(=O)NCc2cccnc2)[C@@H](C(=O)NO)C(C)C)cc1. The van der Waals surface area contributed by atoms with Gasteiger partial charge in [-0.1, -0.05) is 19.9 Å². The maximum Gasteiger partial charge on any atom is 0.262 e. The first kappa shape index (κ1) is 24.3. The molecule has 0 spiro atoms. The number of benzene rings is 1. The molecule has 1 aromatic carbocycles. The highest BCUT2D eigenvalue weighted by Gasteiger charge is 2.39. The topological polar surface area (TPSA) is 138 Å². The maximum absolute atomic E-state index is 13.3. The van der Waals surface area contributed by atoms with Crippen molar-refractivity contribution in [3.63, 3.8) is 0 Å². The standard InChI is InChI=1S/C20H26N4O6S/c1-14(2)19(20(26)23-27)24(13-18(25)22-12-15-5-4-10-21-11-15)31(28,29)17-8-6-16(30-3)7-9-17/h4-11,14,19,27H,12-13H2,1-3H3,(H,22,25)(H,23,26)/t19-/m1/s1. The summed E-state index contributed by atoms with van der Waals surface area (Å²) in [6, 6.07) is 7.72. The Balaban J connectivity index is 2.34. The summed E-state index contributed by atoms with van der Waals surface area (Å²) < 4.78 is 32.5. The number of ether oxygens (including phenoxy) is 1. The number of carbonyl (C=O) groups excluding carboxylic acids is 2. The zero-order chi connectivity index (χ0) is 23.0. The normalized spacial score (nSPS) is 12.5. The molecule has 0 bridgehead atoms. The fraction of sp³-hybridized carbons (Fsp3) is 0.350. The zero-order valence-corrected chi connectivity index (χ0v) is 18.3. The minimum Gasteiger partial charge on any atom is -0.497 e. The van der Waals surface area contributed by atoms with E-state index in [9.17, 15) is 18.0 Å². The van der Waals surface area contributed by atoms with Gasteiger partial charge in [-0.3, -0.25) is 19.8 Å². The van der Waals surface area contributed by atoms with E-state index in [-0.39, 0.29) is 11.4 Å². The summed E-state index contributed by atoms with van der Waals surface area (Å²) in [7, 11) is -2.82. The van der Waals surface area contributed by atoms with Crippen LogP contribution in [0.1, 0.15) is 19.4 Å². The fourth-order valence-electron chi connectivity index (χ4n) is 2.95. The summed E-state index contributed by atoms with van der Waals surface area (Å²) >= 11 is 0. The number of methoxy groups -OCH3 is 1. The van der Waals surface area contributed by atoms with Crippen LogP contribution in [0.25, 0.3) is 0 Å². The summed E-state index contributed by atoms with van der Waals surface area (Å²) in [6.45, 7) is 2.75. The van der Waals surface area contributed by atoms with E-state index in [0.29, 0.717) is 5.75 Å². The van der Waals surface area contributed by atoms with E-state index in [4.69, 9.17) is 9.94 Å². The lowest BCUT2D eigenvalue weighted by Crippen LogP contribution is -2.54. The van der Waals surface area contributed by atoms with E-state index < -0.39 is 40.3 Å². The number of rotatable bonds is 10. The van der Waals surface area contributed by atoms with Crippen molar-refractivity contribution in [2.24, 2.45) is 5.92 Å². The van der Waals surface area contributed by atoms with Crippen molar-refractivity contribution < 1.29 is 28.0 Å². The summed E-state index contributed by atoms with van der Waals surface area (Å²) in [4.78, 5) is 28.7. The quantitative estimate of drug-likeness (QED) is 0.362. The van der Waals surface area contributed by atoms with Crippen LogP contribution in [0.15, 0.2) is 53.7 Å². The first-order valence-corrected chi connectivity index (χ1v) is 10.9. The molecule has 0 aliphatic carbocycles. The van der Waals surface area contributed by atoms with Gasteiger partial charge in [0, 0.05) is 18.9 Å². The van der Waals surface area contributed by atoms with Gasteiger partial charge >= 0.3 is 0 Å². The molecule has 11 heteroatoms. The summed E-state index contributed by atoms with van der Waals surface area (Å²) in [6.07, 6.45) is 3.16. The van der Waals surface area contributed by atoms with Crippen molar-refractivity contribution in [3.8, 4) is 5.75 Å². The van der Waals surface area contributed by atoms with Gasteiger partial charge in [0.05, 0.1) is 18.6 Å². The van der Waals surface area contributed by atoms with Crippen LogP contribution < -0.4 is 15.5 Å². The molecule has 0 aliphatic heterocycles. The second-order valence-electron chi connectivity index (χ2n) is 7.03. The van der Waals surface area contributed by atoms with Gasteiger partial charge in [0.2, 0.25) is 15.9 Å². The monoisotopic (exact) mass is 450 g/mol. The molecule has 0 radical (unpaired) electrons. The summed E-state index contributed by atoms with van der Waals surface area (Å²) in [5.41, 5.74) is 2.23. The molecule has 0 fully saturated rings. The number of nitrogens with zero attached hydrogens (tertiary/aromatic N) is 2. The lowest BCUT2D eigenvalue weighted by Gasteiger charge is -2.31. The number of aromatic nitrogens is 1. The smallest absolute Gasteiger partial charge is 0.262 e. The second-order valence-corrected chi connectivity index (χ2v) is 8.92. The van der Waals surface area contributed by atoms with Crippen molar-refractivity contribution in [2.75, 3.05) is 13.7 Å². The Bertz CT molecular complexity index is 980. The van der Waals surface area contributed by atoms with Crippen LogP contribution in [0, 0.1) is 5.92 Å². The Morgan fingerprint density at radius 1 is 1.19 bits per heavy atom. The number of nitrogens with one attached hydrogen (secondary N) is 2. The molecular formula is C20H26N4O6S. The van der Waals surface area contributed by atoms with Gasteiger partial charge in [0.1, 0.15) is 11.8 Å². The molecule has 0 saturated heterocycles. The molecule has 0 saturated carbocycles. The van der Waals surface area contributed by atoms with Gasteiger partial charge in [-0.2, -0.15) is 4.31 Å². The third-order valence-corrected chi connectivity index (χ3v) is 6.34. The van der Waals surface area contributed by atoms with Crippen LogP contribution in [0.2, 0.25) is 0 Å². The molecule has 0 unspecified atom stereocenters. The molecule has 2 aromatic rings. The molecule has 31 heavy (non-hydrogen) atoms. The molecule has 3 N–H and O–H groups in total. The number of hydroxylamine groups is 1. The minimum absolute atomic E-state index is 0.121. The van der Waals surface area contributed by atoms with Crippen LogP contribution >= 0.6 is 0 Å². The fourth-order valence-corrected chi connectivity index (χ4v) is 4.63. The van der Waals surface area contributed by atoms with E-state index in [1.807, 2.05) is 0 Å². The van der Waals surface area contributed by atoms with Crippen LogP contribution in [0.5, 0.6) is 5.75 Å². The van der Waals surface area contributed by atoms with Crippen LogP contribution in [0.4, 0.5) is 0 Å². The third-order valence-electron chi connectivity index (χ3n) is 4.50. The van der Waals surface area contributed by atoms with Crippen molar-refractivity contribution in [1.29, 1.82) is 0 Å². The number of hydrogen-bond donors (Lipinski definition) is 3. The van der Waals surface area contributed by atoms with E-state index in [1.54, 1.807) is 38.4 Å². The van der Waals surface area contributed by atoms with Crippen LogP contribution in [-0.4, -0.2) is 54.4 Å². The molecule has 1 atom stereocenters. The van der Waals surface area contributed by atoms with Gasteiger partial charge in [-0.05, 0) is 41.8 Å². The first-order valence-electron chi connectivity index (χ1n) is 9.46. The Morgan fingerprint density at radius 3 is 2.39 bits per heavy atom.